The van der Waals surface area contributed by atoms with Crippen LogP contribution in [0.1, 0.15) is 23.1 Å². The molecule has 0 fully saturated rings. The second kappa shape index (κ2) is 10.8. The fourth-order valence-corrected chi connectivity index (χ4v) is 4.22. The molecule has 170 valence electrons. The molecule has 0 bridgehead atoms. The Morgan fingerprint density at radius 3 is 2.47 bits per heavy atom. The first-order valence-electron chi connectivity index (χ1n) is 9.95. The molecule has 0 spiro atoms. The van der Waals surface area contributed by atoms with E-state index < -0.39 is 29.5 Å². The van der Waals surface area contributed by atoms with Crippen LogP contribution in [0.4, 0.5) is 8.78 Å². The van der Waals surface area contributed by atoms with Crippen LogP contribution in [0.25, 0.3) is 10.6 Å². The van der Waals surface area contributed by atoms with Crippen molar-refractivity contribution in [1.82, 2.24) is 4.98 Å². The number of carboxylic acids is 1. The third-order valence-corrected chi connectivity index (χ3v) is 6.01. The van der Waals surface area contributed by atoms with E-state index >= 15 is 0 Å². The van der Waals surface area contributed by atoms with Crippen molar-refractivity contribution in [2.24, 2.45) is 0 Å². The number of hydrogen-bond acceptors (Lipinski definition) is 5. The number of nitrogens with zero attached hydrogens (tertiary/aromatic N) is 1. The van der Waals surface area contributed by atoms with Gasteiger partial charge in [0.1, 0.15) is 5.01 Å². The Balaban J connectivity index is 1.65. The van der Waals surface area contributed by atoms with E-state index in [1.54, 1.807) is 19.1 Å². The Bertz CT molecular complexity index is 1070. The number of aryl methyl sites for hydroxylation is 1. The summed E-state index contributed by atoms with van der Waals surface area (Å²) in [7, 11) is 0. The number of carbonyl (C=O) groups is 1. The lowest BCUT2D eigenvalue weighted by atomic mass is 10.1. The predicted octanol–water partition coefficient (Wildman–Crippen LogP) is 5.70. The Labute approximate surface area is 193 Å². The largest absolute Gasteiger partial charge is 0.487 e. The van der Waals surface area contributed by atoms with Crippen molar-refractivity contribution in [3.05, 3.63) is 69.2 Å². The van der Waals surface area contributed by atoms with Crippen LogP contribution in [-0.4, -0.2) is 35.4 Å². The normalized spacial score (nSPS) is 12.0. The van der Waals surface area contributed by atoms with Crippen molar-refractivity contribution in [3.8, 4) is 16.3 Å². The molecule has 32 heavy (non-hydrogen) atoms. The van der Waals surface area contributed by atoms with Gasteiger partial charge in [0.15, 0.2) is 23.5 Å². The SMILES string of the molecule is CCOC(Cc1cc(F)c(OCCc2nc(-c3ccc(Cl)cc3)sc2C)c(F)c1)C(=O)O. The quantitative estimate of drug-likeness (QED) is 0.402. The molecule has 1 atom stereocenters. The highest BCUT2D eigenvalue weighted by molar-refractivity contribution is 7.15. The fourth-order valence-electron chi connectivity index (χ4n) is 3.13. The Morgan fingerprint density at radius 2 is 1.88 bits per heavy atom. The minimum atomic E-state index is -1.19. The van der Waals surface area contributed by atoms with E-state index in [2.05, 4.69) is 4.98 Å². The van der Waals surface area contributed by atoms with Crippen molar-refractivity contribution in [1.29, 1.82) is 0 Å². The van der Waals surface area contributed by atoms with Gasteiger partial charge in [-0.15, -0.1) is 11.3 Å². The van der Waals surface area contributed by atoms with Crippen molar-refractivity contribution in [3.63, 3.8) is 0 Å². The molecule has 0 aliphatic heterocycles. The molecule has 0 saturated heterocycles. The molecule has 1 unspecified atom stereocenters. The monoisotopic (exact) mass is 481 g/mol. The summed E-state index contributed by atoms with van der Waals surface area (Å²) in [6, 6.07) is 9.48. The number of hydrogen-bond donors (Lipinski definition) is 1. The molecule has 1 heterocycles. The van der Waals surface area contributed by atoms with Crippen LogP contribution in [0.5, 0.6) is 5.75 Å². The number of rotatable bonds is 10. The van der Waals surface area contributed by atoms with Crippen LogP contribution in [0.15, 0.2) is 36.4 Å². The van der Waals surface area contributed by atoms with Gasteiger partial charge in [-0.05, 0) is 43.7 Å². The van der Waals surface area contributed by atoms with E-state index in [-0.39, 0.29) is 25.2 Å². The molecule has 5 nitrogen and oxygen atoms in total. The van der Waals surface area contributed by atoms with Crippen molar-refractivity contribution in [2.75, 3.05) is 13.2 Å². The van der Waals surface area contributed by atoms with Crippen molar-refractivity contribution in [2.45, 2.75) is 32.8 Å². The highest BCUT2D eigenvalue weighted by Crippen LogP contribution is 2.29. The van der Waals surface area contributed by atoms with Crippen molar-refractivity contribution < 1.29 is 28.2 Å². The molecular formula is C23H22ClF2NO4S. The second-order valence-electron chi connectivity index (χ2n) is 7.00. The summed E-state index contributed by atoms with van der Waals surface area (Å²) < 4.78 is 39.3. The van der Waals surface area contributed by atoms with Gasteiger partial charge in [0.2, 0.25) is 0 Å². The lowest BCUT2D eigenvalue weighted by molar-refractivity contribution is -0.149. The summed E-state index contributed by atoms with van der Waals surface area (Å²) in [4.78, 5) is 16.8. The first-order valence-corrected chi connectivity index (χ1v) is 11.1. The molecule has 0 saturated carbocycles. The van der Waals surface area contributed by atoms with Gasteiger partial charge in [-0.3, -0.25) is 0 Å². The highest BCUT2D eigenvalue weighted by atomic mass is 35.5. The molecule has 1 N–H and O–H groups in total. The van der Waals surface area contributed by atoms with Gasteiger partial charge in [0.25, 0.3) is 0 Å². The third kappa shape index (κ3) is 6.03. The summed E-state index contributed by atoms with van der Waals surface area (Å²) in [5, 5.41) is 10.6. The lowest BCUT2D eigenvalue weighted by Gasteiger charge is -2.14. The number of carboxylic acid groups (broad SMARTS) is 1. The average Bonchev–Trinajstić information content (AvgIpc) is 3.10. The first-order chi connectivity index (χ1) is 15.3. The maximum absolute atomic E-state index is 14.4. The van der Waals surface area contributed by atoms with Crippen LogP contribution in [0.2, 0.25) is 5.02 Å². The number of aliphatic carboxylic acids is 1. The Kier molecular flexibility index (Phi) is 8.17. The molecule has 0 amide bonds. The van der Waals surface area contributed by atoms with Gasteiger partial charge in [-0.1, -0.05) is 23.7 Å². The van der Waals surface area contributed by atoms with Crippen LogP contribution < -0.4 is 4.74 Å². The zero-order valence-corrected chi connectivity index (χ0v) is 19.1. The number of thiazole rings is 1. The third-order valence-electron chi connectivity index (χ3n) is 4.69. The Morgan fingerprint density at radius 1 is 1.22 bits per heavy atom. The van der Waals surface area contributed by atoms with Crippen LogP contribution in [0, 0.1) is 18.6 Å². The van der Waals surface area contributed by atoms with E-state index in [9.17, 15) is 13.6 Å². The maximum atomic E-state index is 14.4. The van der Waals surface area contributed by atoms with Gasteiger partial charge < -0.3 is 14.6 Å². The average molecular weight is 482 g/mol. The van der Waals surface area contributed by atoms with E-state index in [4.69, 9.17) is 26.2 Å². The molecule has 0 aliphatic carbocycles. The summed E-state index contributed by atoms with van der Waals surface area (Å²) in [6.45, 7) is 3.80. The van der Waals surface area contributed by atoms with Crippen LogP contribution >= 0.6 is 22.9 Å². The summed E-state index contributed by atoms with van der Waals surface area (Å²) >= 11 is 7.45. The van der Waals surface area contributed by atoms with Gasteiger partial charge >= 0.3 is 5.97 Å². The smallest absolute Gasteiger partial charge is 0.333 e. The molecule has 3 rings (SSSR count). The van der Waals surface area contributed by atoms with E-state index in [0.29, 0.717) is 11.4 Å². The molecular weight excluding hydrogens is 460 g/mol. The standard InChI is InChI=1S/C23H22ClF2NO4S/c1-3-30-20(23(28)29)12-14-10-17(25)21(18(26)11-14)31-9-8-19-13(2)32-22(27-19)15-4-6-16(24)7-5-15/h4-7,10-11,20H,3,8-9,12H2,1-2H3,(H,28,29). The van der Waals surface area contributed by atoms with Crippen molar-refractivity contribution >= 4 is 28.9 Å². The molecule has 1 aromatic heterocycles. The summed E-state index contributed by atoms with van der Waals surface area (Å²) in [5.41, 5.74) is 1.91. The van der Waals surface area contributed by atoms with Gasteiger partial charge in [0.05, 0.1) is 12.3 Å². The van der Waals surface area contributed by atoms with Crippen LogP contribution in [0.3, 0.4) is 0 Å². The first kappa shape index (κ1) is 24.1. The predicted molar refractivity (Wildman–Crippen MR) is 120 cm³/mol. The number of ether oxygens (including phenoxy) is 2. The van der Waals surface area contributed by atoms with Gasteiger partial charge in [0, 0.05) is 34.9 Å². The zero-order valence-electron chi connectivity index (χ0n) is 17.5. The maximum Gasteiger partial charge on any atom is 0.333 e. The topological polar surface area (TPSA) is 68.7 Å². The van der Waals surface area contributed by atoms with Gasteiger partial charge in [-0.2, -0.15) is 0 Å². The minimum Gasteiger partial charge on any atom is -0.487 e. The molecule has 0 radical (unpaired) electrons. The van der Waals surface area contributed by atoms with Crippen LogP contribution in [-0.2, 0) is 22.4 Å². The number of halogens is 3. The number of aromatic nitrogens is 1. The number of benzene rings is 2. The molecule has 0 aliphatic rings. The van der Waals surface area contributed by atoms with Gasteiger partial charge in [-0.25, -0.2) is 18.6 Å². The zero-order chi connectivity index (χ0) is 23.3. The summed E-state index contributed by atoms with van der Waals surface area (Å²) in [5.74, 6) is -3.47. The van der Waals surface area contributed by atoms with E-state index in [0.717, 1.165) is 33.3 Å². The molecule has 9 heteroatoms. The highest BCUT2D eigenvalue weighted by Gasteiger charge is 2.21. The molecule has 3 aromatic rings. The summed E-state index contributed by atoms with van der Waals surface area (Å²) in [6.07, 6.45) is -0.946. The van der Waals surface area contributed by atoms with E-state index in [1.165, 1.54) is 11.3 Å². The lowest BCUT2D eigenvalue weighted by Crippen LogP contribution is -2.26. The molecule has 2 aromatic carbocycles. The second-order valence-corrected chi connectivity index (χ2v) is 8.64. The Hall–Kier alpha value is -2.55. The minimum absolute atomic E-state index is 0.0362. The van der Waals surface area contributed by atoms with E-state index in [1.807, 2.05) is 19.1 Å². The fraction of sp³-hybridized carbons (Fsp3) is 0.304.